The largest absolute Gasteiger partial charge is 0.756 e. The maximum Gasteiger partial charge on any atom is 0.306 e. The molecule has 0 rings (SSSR count). The average molecular weight is 1100 g/mol. The third-order valence-corrected chi connectivity index (χ3v) is 13.0. The van der Waals surface area contributed by atoms with Gasteiger partial charge in [0.1, 0.15) is 19.8 Å². The summed E-state index contributed by atoms with van der Waals surface area (Å²) in [4.78, 5) is 37.9. The fraction of sp³-hybridized carbons (Fsp3) is 0.588. The second kappa shape index (κ2) is 57.3. The van der Waals surface area contributed by atoms with E-state index in [1.165, 1.54) is 25.7 Å². The molecule has 10 heteroatoms. The van der Waals surface area contributed by atoms with Crippen LogP contribution in [0.4, 0.5) is 0 Å². The molecule has 78 heavy (non-hydrogen) atoms. The maximum atomic E-state index is 12.8. The van der Waals surface area contributed by atoms with Crippen LogP contribution in [0.5, 0.6) is 0 Å². The number of nitrogens with zero attached hydrogens (tertiary/aromatic N) is 1. The lowest BCUT2D eigenvalue weighted by Gasteiger charge is -2.28. The van der Waals surface area contributed by atoms with Crippen LogP contribution in [0.25, 0.3) is 0 Å². The molecular weight excluding hydrogens is 990 g/mol. The van der Waals surface area contributed by atoms with Gasteiger partial charge in [0.25, 0.3) is 7.82 Å². The lowest BCUT2D eigenvalue weighted by Crippen LogP contribution is -2.37. The highest BCUT2D eigenvalue weighted by molar-refractivity contribution is 7.45. The van der Waals surface area contributed by atoms with Gasteiger partial charge in [0, 0.05) is 12.8 Å². The Morgan fingerprint density at radius 3 is 1.09 bits per heavy atom. The van der Waals surface area contributed by atoms with Crippen LogP contribution in [0.1, 0.15) is 206 Å². The molecule has 0 aliphatic rings. The number of ether oxygens (including phenoxy) is 2. The van der Waals surface area contributed by atoms with E-state index in [2.05, 4.69) is 172 Å². The lowest BCUT2D eigenvalue weighted by atomic mass is 10.1. The number of esters is 2. The van der Waals surface area contributed by atoms with Crippen LogP contribution >= 0.6 is 7.82 Å². The van der Waals surface area contributed by atoms with Gasteiger partial charge in [-0.2, -0.15) is 0 Å². The van der Waals surface area contributed by atoms with Gasteiger partial charge in [0.05, 0.1) is 27.7 Å². The maximum absolute atomic E-state index is 12.8. The third kappa shape index (κ3) is 60.9. The van der Waals surface area contributed by atoms with E-state index < -0.39 is 32.5 Å². The first kappa shape index (κ1) is 73.6. The molecule has 0 amide bonds. The van der Waals surface area contributed by atoms with E-state index in [9.17, 15) is 19.0 Å². The van der Waals surface area contributed by atoms with Gasteiger partial charge in [-0.3, -0.25) is 14.2 Å². The summed E-state index contributed by atoms with van der Waals surface area (Å²) in [6.07, 6.45) is 85.7. The van der Waals surface area contributed by atoms with E-state index >= 15 is 0 Å². The van der Waals surface area contributed by atoms with Crippen molar-refractivity contribution in [2.45, 2.75) is 213 Å². The summed E-state index contributed by atoms with van der Waals surface area (Å²) >= 11 is 0. The molecule has 0 radical (unpaired) electrons. The van der Waals surface area contributed by atoms with Gasteiger partial charge in [-0.15, -0.1) is 0 Å². The number of rotatable bonds is 53. The molecule has 0 aliphatic heterocycles. The summed E-state index contributed by atoms with van der Waals surface area (Å²) in [5.41, 5.74) is 0. The van der Waals surface area contributed by atoms with Crippen molar-refractivity contribution in [3.63, 3.8) is 0 Å². The van der Waals surface area contributed by atoms with Gasteiger partial charge in [-0.1, -0.05) is 223 Å². The van der Waals surface area contributed by atoms with Gasteiger partial charge in [0.15, 0.2) is 6.10 Å². The standard InChI is InChI=1S/C68H110NO8P/c1-6-8-10-12-14-16-18-20-22-24-26-27-28-29-30-31-32-33-34-35-36-37-38-39-40-41-43-45-47-49-51-53-55-57-59-61-68(71)77-66(65-76-78(72,73)75-63-62-69(3,4)5)64-74-67(70)60-58-56-54-52-50-48-46-44-42-25-23-21-19-17-15-13-11-9-7-2/h8,10,14-17,20-23,26-27,29-30,32-33,35-36,38-39,41-44,47,49,66H,6-7,9,11-13,18-19,24-25,28,31,34,37,40,45-46,48,50-65H2,1-5H3/b10-8-,16-14-,17-15-,22-20-,23-21-,27-26-,30-29-,33-32-,36-35-,39-38-,43-41-,44-42-,49-47-. The summed E-state index contributed by atoms with van der Waals surface area (Å²) < 4.78 is 34.1. The highest BCUT2D eigenvalue weighted by Crippen LogP contribution is 2.38. The van der Waals surface area contributed by atoms with Crippen molar-refractivity contribution in [2.75, 3.05) is 47.5 Å². The van der Waals surface area contributed by atoms with Crippen molar-refractivity contribution >= 4 is 19.8 Å². The molecule has 0 spiro atoms. The smallest absolute Gasteiger partial charge is 0.306 e. The molecule has 0 heterocycles. The van der Waals surface area contributed by atoms with Crippen LogP contribution < -0.4 is 4.89 Å². The highest BCUT2D eigenvalue weighted by atomic mass is 31.2. The minimum Gasteiger partial charge on any atom is -0.756 e. The zero-order valence-electron chi connectivity index (χ0n) is 49.8. The van der Waals surface area contributed by atoms with E-state index in [-0.39, 0.29) is 26.1 Å². The Labute approximate surface area is 477 Å². The molecule has 0 N–H and O–H groups in total. The zero-order chi connectivity index (χ0) is 57.0. The molecule has 2 atom stereocenters. The number of quaternary nitrogens is 1. The number of carbonyl (C=O) groups excluding carboxylic acids is 2. The first-order valence-electron chi connectivity index (χ1n) is 30.2. The fourth-order valence-electron chi connectivity index (χ4n) is 7.39. The van der Waals surface area contributed by atoms with E-state index in [0.717, 1.165) is 141 Å². The molecule has 9 nitrogen and oxygen atoms in total. The Balaban J connectivity index is 4.28. The van der Waals surface area contributed by atoms with E-state index in [1.54, 1.807) is 0 Å². The molecular formula is C68H110NO8P. The first-order chi connectivity index (χ1) is 38.0. The number of unbranched alkanes of at least 4 members (excludes halogenated alkanes) is 13. The minimum absolute atomic E-state index is 0.0478. The molecule has 0 aromatic rings. The monoisotopic (exact) mass is 1100 g/mol. The molecule has 2 unspecified atom stereocenters. The van der Waals surface area contributed by atoms with Crippen molar-refractivity contribution in [1.29, 1.82) is 0 Å². The van der Waals surface area contributed by atoms with Gasteiger partial charge in [0.2, 0.25) is 0 Å². The van der Waals surface area contributed by atoms with Crippen LogP contribution in [0, 0.1) is 0 Å². The lowest BCUT2D eigenvalue weighted by molar-refractivity contribution is -0.870. The topological polar surface area (TPSA) is 111 Å². The van der Waals surface area contributed by atoms with E-state index in [1.807, 2.05) is 21.1 Å². The van der Waals surface area contributed by atoms with Gasteiger partial charge in [-0.25, -0.2) is 0 Å². The number of phosphoric ester groups is 1. The van der Waals surface area contributed by atoms with Crippen molar-refractivity contribution in [1.82, 2.24) is 0 Å². The highest BCUT2D eigenvalue weighted by Gasteiger charge is 2.21. The van der Waals surface area contributed by atoms with Gasteiger partial charge in [-0.05, 0) is 128 Å². The number of phosphoric acid groups is 1. The summed E-state index contributed by atoms with van der Waals surface area (Å²) in [6.45, 7) is 4.02. The third-order valence-electron chi connectivity index (χ3n) is 12.0. The molecule has 0 aromatic carbocycles. The first-order valence-corrected chi connectivity index (χ1v) is 31.7. The predicted molar refractivity (Wildman–Crippen MR) is 332 cm³/mol. The van der Waals surface area contributed by atoms with Crippen LogP contribution in [-0.2, 0) is 32.7 Å². The molecule has 0 aliphatic carbocycles. The summed E-state index contributed by atoms with van der Waals surface area (Å²) in [5, 5.41) is 0. The summed E-state index contributed by atoms with van der Waals surface area (Å²) in [5.74, 6) is -0.891. The second-order valence-electron chi connectivity index (χ2n) is 20.6. The minimum atomic E-state index is -4.66. The van der Waals surface area contributed by atoms with Crippen LogP contribution in [-0.4, -0.2) is 70.0 Å². The number of hydrogen-bond donors (Lipinski definition) is 0. The zero-order valence-corrected chi connectivity index (χ0v) is 50.7. The van der Waals surface area contributed by atoms with Crippen molar-refractivity contribution in [2.24, 2.45) is 0 Å². The molecule has 440 valence electrons. The average Bonchev–Trinajstić information content (AvgIpc) is 3.41. The number of hydrogen-bond acceptors (Lipinski definition) is 8. The normalized spacial score (nSPS) is 14.4. The Hall–Kier alpha value is -4.37. The van der Waals surface area contributed by atoms with Crippen molar-refractivity contribution < 1.29 is 42.1 Å². The van der Waals surface area contributed by atoms with Gasteiger partial charge >= 0.3 is 11.9 Å². The number of allylic oxidation sites excluding steroid dienone is 26. The Morgan fingerprint density at radius 1 is 0.410 bits per heavy atom. The quantitative estimate of drug-likeness (QED) is 0.0195. The predicted octanol–water partition coefficient (Wildman–Crippen LogP) is 18.6. The van der Waals surface area contributed by atoms with Gasteiger partial charge < -0.3 is 27.9 Å². The van der Waals surface area contributed by atoms with Crippen LogP contribution in [0.2, 0.25) is 0 Å². The fourth-order valence-corrected chi connectivity index (χ4v) is 8.12. The molecule has 0 fully saturated rings. The van der Waals surface area contributed by atoms with Crippen LogP contribution in [0.15, 0.2) is 158 Å². The molecule has 0 saturated carbocycles. The Bertz CT molecular complexity index is 1870. The molecule has 0 saturated heterocycles. The Morgan fingerprint density at radius 2 is 0.731 bits per heavy atom. The SMILES string of the molecule is CC/C=C\C/C=C\C/C=C\C/C=C\C/C=C\C/C=C\C/C=C\C/C=C\C/C=C\C/C=C\CCCCCCC(=O)OC(COC(=O)CCCCCCCC/C=C\C/C=C\C/C=C\CCCCC)COP(=O)([O-])OCC[N+](C)(C)C. The molecule has 0 bridgehead atoms. The van der Waals surface area contributed by atoms with E-state index in [4.69, 9.17) is 18.5 Å². The number of likely N-dealkylation sites (N-methyl/N-ethyl adjacent to an activating group) is 1. The summed E-state index contributed by atoms with van der Waals surface area (Å²) in [6, 6.07) is 0. The second-order valence-corrected chi connectivity index (χ2v) is 22.0. The Kier molecular flexibility index (Phi) is 54.1. The van der Waals surface area contributed by atoms with E-state index in [0.29, 0.717) is 23.9 Å². The van der Waals surface area contributed by atoms with Crippen LogP contribution in [0.3, 0.4) is 0 Å². The number of carbonyl (C=O) groups is 2. The van der Waals surface area contributed by atoms with Crippen molar-refractivity contribution in [3.8, 4) is 0 Å². The van der Waals surface area contributed by atoms with Crippen molar-refractivity contribution in [3.05, 3.63) is 158 Å². The summed E-state index contributed by atoms with van der Waals surface area (Å²) in [7, 11) is 1.11. The molecule has 0 aromatic heterocycles.